The zero-order valence-corrected chi connectivity index (χ0v) is 8.74. The second-order valence-electron chi connectivity index (χ2n) is 1.43. The smallest absolute Gasteiger partial charge is 0.146 e. The molecule has 0 unspecified atom stereocenters. The molecule has 0 radical (unpaired) electrons. The molecule has 0 bridgehead atoms. The SMILES string of the molecule is C[Si](C)(Cl)Cl.ClCCl. The number of halogens is 4. The van der Waals surface area contributed by atoms with Crippen LogP contribution < -0.4 is 0 Å². The maximum atomic E-state index is 5.43. The lowest BCUT2D eigenvalue weighted by molar-refractivity contribution is 2.06. The van der Waals surface area contributed by atoms with Crippen molar-refractivity contribution < 1.29 is 0 Å². The van der Waals surface area contributed by atoms with Crippen LogP contribution in [-0.2, 0) is 0 Å². The summed E-state index contributed by atoms with van der Waals surface area (Å²) in [5, 5.41) is 0.194. The van der Waals surface area contributed by atoms with Gasteiger partial charge in [-0.1, -0.05) is 0 Å². The first-order valence-electron chi connectivity index (χ1n) is 1.91. The molecule has 0 nitrogen and oxygen atoms in total. The van der Waals surface area contributed by atoms with Crippen LogP contribution in [0.2, 0.25) is 13.1 Å². The first-order valence-corrected chi connectivity index (χ1v) is 8.01. The Kier molecular flexibility index (Phi) is 9.82. The van der Waals surface area contributed by atoms with Gasteiger partial charge in [0.15, 0.2) is 0 Å². The van der Waals surface area contributed by atoms with Gasteiger partial charge in [0.2, 0.25) is 6.69 Å². The van der Waals surface area contributed by atoms with Gasteiger partial charge in [-0.05, 0) is 13.1 Å². The van der Waals surface area contributed by atoms with Gasteiger partial charge < -0.3 is 0 Å². The van der Waals surface area contributed by atoms with Crippen molar-refractivity contribution in [2.75, 3.05) is 5.34 Å². The van der Waals surface area contributed by atoms with Gasteiger partial charge in [0.25, 0.3) is 0 Å². The standard InChI is InChI=1S/C2H6Cl2Si.CH2Cl2/c1-5(2,3)4;2-1-3/h1-2H3;1H2. The van der Waals surface area contributed by atoms with E-state index in [0.717, 1.165) is 0 Å². The Balaban J connectivity index is 0. The fraction of sp³-hybridized carbons (Fsp3) is 1.00. The van der Waals surface area contributed by atoms with Crippen molar-refractivity contribution in [2.45, 2.75) is 13.1 Å². The number of hydrogen-bond donors (Lipinski definition) is 0. The van der Waals surface area contributed by atoms with Crippen molar-refractivity contribution in [1.82, 2.24) is 0 Å². The zero-order valence-electron chi connectivity index (χ0n) is 4.72. The molecular formula is C3H8Cl4Si. The molecule has 0 atom stereocenters. The van der Waals surface area contributed by atoms with Gasteiger partial charge in [-0.15, -0.1) is 45.4 Å². The van der Waals surface area contributed by atoms with Gasteiger partial charge in [-0.3, -0.25) is 0 Å². The maximum Gasteiger partial charge on any atom is 0.245 e. The van der Waals surface area contributed by atoms with Crippen LogP contribution in [0.4, 0.5) is 0 Å². The molecule has 0 aliphatic heterocycles. The third kappa shape index (κ3) is 158. The van der Waals surface area contributed by atoms with E-state index in [1.807, 2.05) is 13.1 Å². The molecule has 0 fully saturated rings. The maximum absolute atomic E-state index is 5.43. The predicted molar refractivity (Wildman–Crippen MR) is 45.8 cm³/mol. The summed E-state index contributed by atoms with van der Waals surface area (Å²) in [6.45, 7) is 2.05. The first kappa shape index (κ1) is 12.1. The fourth-order valence-corrected chi connectivity index (χ4v) is 0. The average molecular weight is 214 g/mol. The zero-order chi connectivity index (χ0) is 7.21. The van der Waals surface area contributed by atoms with Gasteiger partial charge in [0, 0.05) is 0 Å². The largest absolute Gasteiger partial charge is 0.245 e. The van der Waals surface area contributed by atoms with Crippen molar-refractivity contribution in [1.29, 1.82) is 0 Å². The van der Waals surface area contributed by atoms with E-state index in [1.54, 1.807) is 0 Å². The van der Waals surface area contributed by atoms with Gasteiger partial charge in [0.1, 0.15) is 0 Å². The highest BCUT2D eigenvalue weighted by Gasteiger charge is 2.08. The van der Waals surface area contributed by atoms with Crippen molar-refractivity contribution in [3.63, 3.8) is 0 Å². The topological polar surface area (TPSA) is 0 Å². The van der Waals surface area contributed by atoms with Crippen LogP contribution in [0, 0.1) is 0 Å². The van der Waals surface area contributed by atoms with E-state index < -0.39 is 6.69 Å². The van der Waals surface area contributed by atoms with Gasteiger partial charge >= 0.3 is 0 Å². The van der Waals surface area contributed by atoms with E-state index in [4.69, 9.17) is 45.4 Å². The second kappa shape index (κ2) is 6.50. The molecule has 0 aromatic heterocycles. The first-order chi connectivity index (χ1) is 3.41. The number of hydrogen-bond acceptors (Lipinski definition) is 0. The van der Waals surface area contributed by atoms with Crippen LogP contribution in [-0.4, -0.2) is 12.0 Å². The molecule has 0 N–H and O–H groups in total. The molecule has 0 saturated carbocycles. The van der Waals surface area contributed by atoms with Crippen LogP contribution in [0.25, 0.3) is 0 Å². The van der Waals surface area contributed by atoms with Crippen LogP contribution in [0.15, 0.2) is 0 Å². The summed E-state index contributed by atoms with van der Waals surface area (Å²) in [6, 6.07) is 0. The highest BCUT2D eigenvalue weighted by atomic mass is 35.7. The molecule has 0 aromatic rings. The Bertz CT molecular complexity index is 35.0. The molecular weight excluding hydrogens is 206 g/mol. The Labute approximate surface area is 70.5 Å². The third-order valence-electron chi connectivity index (χ3n) is 0. The summed E-state index contributed by atoms with van der Waals surface area (Å²) in [5.74, 6) is 0. The van der Waals surface area contributed by atoms with Gasteiger partial charge in [-0.2, -0.15) is 0 Å². The van der Waals surface area contributed by atoms with Crippen LogP contribution in [0.3, 0.4) is 0 Å². The van der Waals surface area contributed by atoms with Crippen molar-refractivity contribution in [3.05, 3.63) is 0 Å². The Hall–Kier alpha value is 1.38. The minimum atomic E-state index is -1.67. The lowest BCUT2D eigenvalue weighted by Gasteiger charge is -1.93. The molecule has 0 spiro atoms. The van der Waals surface area contributed by atoms with Crippen molar-refractivity contribution >= 4 is 52.1 Å². The molecule has 0 aromatic carbocycles. The lowest BCUT2D eigenvalue weighted by Crippen LogP contribution is -2.02. The molecule has 0 amide bonds. The predicted octanol–water partition coefficient (Wildman–Crippen LogP) is 3.59. The normalized spacial score (nSPS) is 9.75. The molecule has 52 valence electrons. The summed E-state index contributed by atoms with van der Waals surface area (Å²) in [5.41, 5.74) is 0. The summed E-state index contributed by atoms with van der Waals surface area (Å²) in [4.78, 5) is 0. The highest BCUT2D eigenvalue weighted by molar-refractivity contribution is 7.44. The monoisotopic (exact) mass is 212 g/mol. The van der Waals surface area contributed by atoms with E-state index in [-0.39, 0.29) is 5.34 Å². The average Bonchev–Trinajstić information content (AvgIpc) is 1.27. The van der Waals surface area contributed by atoms with Gasteiger partial charge in [0.05, 0.1) is 5.34 Å². The number of rotatable bonds is 0. The molecule has 0 saturated heterocycles. The van der Waals surface area contributed by atoms with Gasteiger partial charge in [-0.25, -0.2) is 0 Å². The summed E-state index contributed by atoms with van der Waals surface area (Å²) in [7, 11) is 0. The lowest BCUT2D eigenvalue weighted by atomic mass is 11.9. The van der Waals surface area contributed by atoms with Crippen molar-refractivity contribution in [2.24, 2.45) is 0 Å². The Morgan fingerprint density at radius 3 is 1.12 bits per heavy atom. The molecule has 0 aliphatic carbocycles. The molecule has 0 aliphatic rings. The third-order valence-corrected chi connectivity index (χ3v) is 0. The molecule has 5 heteroatoms. The Morgan fingerprint density at radius 2 is 1.12 bits per heavy atom. The fourth-order valence-electron chi connectivity index (χ4n) is 0. The van der Waals surface area contributed by atoms with E-state index in [0.29, 0.717) is 0 Å². The van der Waals surface area contributed by atoms with E-state index >= 15 is 0 Å². The minimum absolute atomic E-state index is 0.194. The van der Waals surface area contributed by atoms with E-state index in [1.165, 1.54) is 0 Å². The molecule has 0 rings (SSSR count). The molecule has 8 heavy (non-hydrogen) atoms. The quantitative estimate of drug-likeness (QED) is 0.328. The van der Waals surface area contributed by atoms with Crippen LogP contribution >= 0.6 is 45.4 Å². The summed E-state index contributed by atoms with van der Waals surface area (Å²) < 4.78 is 0. The highest BCUT2D eigenvalue weighted by Crippen LogP contribution is 2.10. The Morgan fingerprint density at radius 1 is 1.12 bits per heavy atom. The summed E-state index contributed by atoms with van der Waals surface area (Å²) >= 11 is 20.4. The van der Waals surface area contributed by atoms with Crippen LogP contribution in [0.5, 0.6) is 0 Å². The second-order valence-corrected chi connectivity index (χ2v) is 11.1. The number of alkyl halides is 2. The van der Waals surface area contributed by atoms with E-state index in [9.17, 15) is 0 Å². The molecule has 0 heterocycles. The van der Waals surface area contributed by atoms with E-state index in [2.05, 4.69) is 0 Å². The van der Waals surface area contributed by atoms with Crippen LogP contribution in [0.1, 0.15) is 0 Å². The van der Waals surface area contributed by atoms with Crippen molar-refractivity contribution in [3.8, 4) is 0 Å². The summed E-state index contributed by atoms with van der Waals surface area (Å²) in [6.07, 6.45) is 0. The minimum Gasteiger partial charge on any atom is -0.146 e.